The smallest absolute Gasteiger partial charge is 0.263 e. The van der Waals surface area contributed by atoms with E-state index < -0.39 is 6.43 Å². The molecular weight excluding hydrogens is 206 g/mol. The molecular formula is C10H8F2OS. The molecule has 1 N–H and O–H groups in total. The Balaban J connectivity index is 2.69. The predicted molar refractivity (Wildman–Crippen MR) is 53.2 cm³/mol. The number of rotatable bonds is 1. The van der Waals surface area contributed by atoms with Crippen molar-refractivity contribution >= 4 is 21.4 Å². The van der Waals surface area contributed by atoms with Gasteiger partial charge in [0.25, 0.3) is 6.43 Å². The summed E-state index contributed by atoms with van der Waals surface area (Å²) in [6, 6.07) is 4.36. The number of benzene rings is 1. The summed E-state index contributed by atoms with van der Waals surface area (Å²) in [6.45, 7) is 1.77. The number of aryl methyl sites for hydroxylation is 1. The summed E-state index contributed by atoms with van der Waals surface area (Å²) in [6.07, 6.45) is -2.49. The largest absolute Gasteiger partial charge is 0.506 e. The van der Waals surface area contributed by atoms with Crippen molar-refractivity contribution in [1.29, 1.82) is 0 Å². The minimum absolute atomic E-state index is 0.0504. The van der Waals surface area contributed by atoms with Crippen LogP contribution in [-0.4, -0.2) is 5.11 Å². The van der Waals surface area contributed by atoms with Crippen molar-refractivity contribution in [3.8, 4) is 5.75 Å². The highest BCUT2D eigenvalue weighted by Crippen LogP contribution is 2.37. The van der Waals surface area contributed by atoms with Gasteiger partial charge >= 0.3 is 0 Å². The lowest BCUT2D eigenvalue weighted by Crippen LogP contribution is -1.81. The Bertz CT molecular complexity index is 476. The highest BCUT2D eigenvalue weighted by atomic mass is 32.1. The van der Waals surface area contributed by atoms with E-state index in [1.54, 1.807) is 13.0 Å². The molecule has 1 aromatic carbocycles. The highest BCUT2D eigenvalue weighted by Gasteiger charge is 2.12. The van der Waals surface area contributed by atoms with Crippen LogP contribution in [0.15, 0.2) is 18.2 Å². The van der Waals surface area contributed by atoms with Gasteiger partial charge in [0.2, 0.25) is 0 Å². The molecule has 0 amide bonds. The van der Waals surface area contributed by atoms with E-state index in [1.165, 1.54) is 23.5 Å². The molecule has 0 bridgehead atoms. The summed E-state index contributed by atoms with van der Waals surface area (Å²) >= 11 is 1.40. The van der Waals surface area contributed by atoms with Crippen LogP contribution in [0, 0.1) is 6.92 Å². The molecule has 0 aliphatic rings. The maximum atomic E-state index is 12.4. The van der Waals surface area contributed by atoms with Gasteiger partial charge in [-0.2, -0.15) is 0 Å². The van der Waals surface area contributed by atoms with E-state index in [0.717, 1.165) is 9.58 Å². The third-order valence-electron chi connectivity index (χ3n) is 2.11. The Hall–Kier alpha value is -1.16. The van der Waals surface area contributed by atoms with Gasteiger partial charge in [-0.1, -0.05) is 6.07 Å². The van der Waals surface area contributed by atoms with Crippen LogP contribution in [0.25, 0.3) is 10.1 Å². The molecule has 1 heterocycles. The number of thiophene rings is 1. The summed E-state index contributed by atoms with van der Waals surface area (Å²) in [4.78, 5) is 0.756. The lowest BCUT2D eigenvalue weighted by molar-refractivity contribution is 0.151. The average molecular weight is 214 g/mol. The minimum Gasteiger partial charge on any atom is -0.506 e. The molecule has 14 heavy (non-hydrogen) atoms. The molecule has 0 aliphatic heterocycles. The van der Waals surface area contributed by atoms with Gasteiger partial charge < -0.3 is 5.11 Å². The Morgan fingerprint density at radius 2 is 2.07 bits per heavy atom. The van der Waals surface area contributed by atoms with Gasteiger partial charge in [0.05, 0.1) is 0 Å². The number of fused-ring (bicyclic) bond motifs is 1. The molecule has 2 rings (SSSR count). The second kappa shape index (κ2) is 3.20. The second-order valence-electron chi connectivity index (χ2n) is 3.06. The van der Waals surface area contributed by atoms with E-state index in [9.17, 15) is 13.9 Å². The molecule has 0 saturated carbocycles. The lowest BCUT2D eigenvalue weighted by atomic mass is 10.1. The van der Waals surface area contributed by atoms with E-state index in [1.807, 2.05) is 0 Å². The molecule has 1 nitrogen and oxygen atoms in total. The van der Waals surface area contributed by atoms with Gasteiger partial charge in [-0.3, -0.25) is 0 Å². The monoisotopic (exact) mass is 214 g/mol. The topological polar surface area (TPSA) is 20.2 Å². The number of alkyl halides is 2. The molecule has 0 spiro atoms. The lowest BCUT2D eigenvalue weighted by Gasteiger charge is -1.98. The normalized spacial score (nSPS) is 11.4. The minimum atomic E-state index is -2.49. The summed E-state index contributed by atoms with van der Waals surface area (Å²) in [5.41, 5.74) is -0.0504. The summed E-state index contributed by atoms with van der Waals surface area (Å²) in [5, 5.41) is 10.1. The van der Waals surface area contributed by atoms with Gasteiger partial charge in [-0.15, -0.1) is 11.3 Å². The zero-order chi connectivity index (χ0) is 10.3. The molecule has 0 unspecified atom stereocenters. The fourth-order valence-corrected chi connectivity index (χ4v) is 2.30. The third-order valence-corrected chi connectivity index (χ3v) is 3.18. The molecule has 0 saturated heterocycles. The first kappa shape index (κ1) is 9.40. The first-order valence-corrected chi connectivity index (χ1v) is 4.91. The quantitative estimate of drug-likeness (QED) is 0.764. The molecule has 2 aromatic rings. The van der Waals surface area contributed by atoms with Gasteiger partial charge in [-0.25, -0.2) is 8.78 Å². The molecule has 0 aliphatic carbocycles. The van der Waals surface area contributed by atoms with Crippen LogP contribution in [0.5, 0.6) is 5.75 Å². The van der Waals surface area contributed by atoms with Gasteiger partial charge in [0.15, 0.2) is 0 Å². The van der Waals surface area contributed by atoms with Gasteiger partial charge in [0.1, 0.15) is 5.75 Å². The van der Waals surface area contributed by atoms with Crippen LogP contribution >= 0.6 is 11.3 Å². The molecule has 0 fully saturated rings. The van der Waals surface area contributed by atoms with E-state index in [4.69, 9.17) is 0 Å². The molecule has 4 heteroatoms. The van der Waals surface area contributed by atoms with Crippen LogP contribution in [0.3, 0.4) is 0 Å². The summed E-state index contributed by atoms with van der Waals surface area (Å²) in [7, 11) is 0. The maximum Gasteiger partial charge on any atom is 0.263 e. The Labute approximate surface area is 83.6 Å². The Morgan fingerprint density at radius 1 is 1.36 bits per heavy atom. The highest BCUT2D eigenvalue weighted by molar-refractivity contribution is 7.19. The fraction of sp³-hybridized carbons (Fsp3) is 0.200. The molecule has 0 radical (unpaired) electrons. The number of hydrogen-bond acceptors (Lipinski definition) is 2. The van der Waals surface area contributed by atoms with Crippen molar-refractivity contribution in [1.82, 2.24) is 0 Å². The first-order chi connectivity index (χ1) is 6.59. The van der Waals surface area contributed by atoms with Crippen LogP contribution in [-0.2, 0) is 0 Å². The number of hydrogen-bond donors (Lipinski definition) is 1. The first-order valence-electron chi connectivity index (χ1n) is 4.09. The summed E-state index contributed by atoms with van der Waals surface area (Å²) in [5.74, 6) is 0.118. The zero-order valence-electron chi connectivity index (χ0n) is 7.42. The number of aromatic hydroxyl groups is 1. The van der Waals surface area contributed by atoms with Crippen molar-refractivity contribution < 1.29 is 13.9 Å². The van der Waals surface area contributed by atoms with Crippen LogP contribution in [0.2, 0.25) is 0 Å². The van der Waals surface area contributed by atoms with E-state index in [0.29, 0.717) is 5.39 Å². The van der Waals surface area contributed by atoms with Crippen molar-refractivity contribution in [2.75, 3.05) is 0 Å². The van der Waals surface area contributed by atoms with E-state index in [-0.39, 0.29) is 11.3 Å². The second-order valence-corrected chi connectivity index (χ2v) is 4.32. The SMILES string of the molecule is Cc1sc2ccc(C(F)F)cc2c1O. The predicted octanol–water partition coefficient (Wildman–Crippen LogP) is 3.85. The molecule has 0 atom stereocenters. The van der Waals surface area contributed by atoms with E-state index >= 15 is 0 Å². The maximum absolute atomic E-state index is 12.4. The van der Waals surface area contributed by atoms with Crippen molar-refractivity contribution in [2.45, 2.75) is 13.3 Å². The average Bonchev–Trinajstić information content (AvgIpc) is 2.43. The Morgan fingerprint density at radius 3 is 2.71 bits per heavy atom. The standard InChI is InChI=1S/C10H8F2OS/c1-5-9(13)7-4-6(10(11)12)2-3-8(7)14-5/h2-4,10,13H,1H3. The van der Waals surface area contributed by atoms with E-state index in [2.05, 4.69) is 0 Å². The zero-order valence-corrected chi connectivity index (χ0v) is 8.24. The van der Waals surface area contributed by atoms with Gasteiger partial charge in [-0.05, 0) is 19.1 Å². The van der Waals surface area contributed by atoms with Crippen LogP contribution in [0.1, 0.15) is 16.9 Å². The van der Waals surface area contributed by atoms with Crippen molar-refractivity contribution in [3.63, 3.8) is 0 Å². The molecule has 1 aromatic heterocycles. The third kappa shape index (κ3) is 1.35. The van der Waals surface area contributed by atoms with Crippen LogP contribution < -0.4 is 0 Å². The molecule has 74 valence electrons. The Kier molecular flexibility index (Phi) is 2.15. The van der Waals surface area contributed by atoms with Crippen molar-refractivity contribution in [3.05, 3.63) is 28.6 Å². The summed E-state index contributed by atoms with van der Waals surface area (Å²) < 4.78 is 25.5. The van der Waals surface area contributed by atoms with Gasteiger partial charge in [0, 0.05) is 20.5 Å². The van der Waals surface area contributed by atoms with Crippen LogP contribution in [0.4, 0.5) is 8.78 Å². The fourth-order valence-electron chi connectivity index (χ4n) is 1.36. The number of halogens is 2. The van der Waals surface area contributed by atoms with Crippen molar-refractivity contribution in [2.24, 2.45) is 0 Å².